The SMILES string of the molecule is CC(C)(C)[Si](C)(C)C#CC[C@H](NC(=O)C1CC1)C(N)=O. The highest BCUT2D eigenvalue weighted by atomic mass is 28.3. The normalized spacial score (nSPS) is 16.9. The zero-order chi connectivity index (χ0) is 15.6. The lowest BCUT2D eigenvalue weighted by molar-refractivity contribution is -0.128. The van der Waals surface area contributed by atoms with Crippen molar-refractivity contribution >= 4 is 19.9 Å². The number of primary amides is 1. The molecule has 1 rings (SSSR count). The van der Waals surface area contributed by atoms with Gasteiger partial charge in [-0.25, -0.2) is 0 Å². The molecule has 4 nitrogen and oxygen atoms in total. The Labute approximate surface area is 122 Å². The average Bonchev–Trinajstić information content (AvgIpc) is 3.09. The highest BCUT2D eigenvalue weighted by molar-refractivity contribution is 6.87. The Morgan fingerprint density at radius 1 is 1.35 bits per heavy atom. The van der Waals surface area contributed by atoms with Crippen molar-refractivity contribution in [3.05, 3.63) is 0 Å². The standard InChI is InChI=1S/C15H26N2O2Si/c1-15(2,3)20(4,5)10-6-7-12(13(16)18)17-14(19)11-8-9-11/h11-12H,7-9H2,1-5H3,(H2,16,18)(H,17,19)/t12-/m0/s1. The van der Waals surface area contributed by atoms with E-state index in [0.29, 0.717) is 6.42 Å². The number of hydrogen-bond donors (Lipinski definition) is 2. The molecule has 1 atom stereocenters. The Morgan fingerprint density at radius 2 is 1.90 bits per heavy atom. The van der Waals surface area contributed by atoms with Crippen molar-refractivity contribution in [3.63, 3.8) is 0 Å². The molecular weight excluding hydrogens is 268 g/mol. The molecule has 0 unspecified atom stereocenters. The third-order valence-electron chi connectivity index (χ3n) is 4.19. The van der Waals surface area contributed by atoms with Gasteiger partial charge in [-0.15, -0.1) is 11.5 Å². The topological polar surface area (TPSA) is 72.2 Å². The van der Waals surface area contributed by atoms with Gasteiger partial charge >= 0.3 is 0 Å². The third kappa shape index (κ3) is 4.68. The van der Waals surface area contributed by atoms with Gasteiger partial charge in [0.1, 0.15) is 14.1 Å². The molecule has 0 saturated heterocycles. The van der Waals surface area contributed by atoms with Crippen LogP contribution in [-0.4, -0.2) is 25.9 Å². The molecule has 112 valence electrons. The van der Waals surface area contributed by atoms with Crippen molar-refractivity contribution in [2.45, 2.75) is 64.2 Å². The highest BCUT2D eigenvalue weighted by Crippen LogP contribution is 2.35. The minimum Gasteiger partial charge on any atom is -0.368 e. The van der Waals surface area contributed by atoms with Crippen molar-refractivity contribution in [1.82, 2.24) is 5.32 Å². The van der Waals surface area contributed by atoms with Gasteiger partial charge in [-0.2, -0.15) is 0 Å². The van der Waals surface area contributed by atoms with Gasteiger partial charge in [0.05, 0.1) is 0 Å². The van der Waals surface area contributed by atoms with Gasteiger partial charge in [-0.05, 0) is 17.9 Å². The Balaban J connectivity index is 2.64. The summed E-state index contributed by atoms with van der Waals surface area (Å²) >= 11 is 0. The van der Waals surface area contributed by atoms with E-state index >= 15 is 0 Å². The molecule has 0 heterocycles. The predicted octanol–water partition coefficient (Wildman–Crippen LogP) is 1.81. The fourth-order valence-electron chi connectivity index (χ4n) is 1.42. The molecular formula is C15H26N2O2Si. The molecule has 1 saturated carbocycles. The third-order valence-corrected chi connectivity index (χ3v) is 8.74. The summed E-state index contributed by atoms with van der Waals surface area (Å²) in [5.74, 6) is 2.57. The van der Waals surface area contributed by atoms with Crippen LogP contribution >= 0.6 is 0 Å². The number of hydrogen-bond acceptors (Lipinski definition) is 2. The van der Waals surface area contributed by atoms with Crippen LogP contribution < -0.4 is 11.1 Å². The van der Waals surface area contributed by atoms with Crippen LogP contribution in [0.25, 0.3) is 0 Å². The number of carbonyl (C=O) groups is 2. The lowest BCUT2D eigenvalue weighted by Crippen LogP contribution is -2.45. The number of rotatable bonds is 4. The largest absolute Gasteiger partial charge is 0.368 e. The lowest BCUT2D eigenvalue weighted by Gasteiger charge is -2.31. The molecule has 0 aromatic heterocycles. The molecule has 0 radical (unpaired) electrons. The van der Waals surface area contributed by atoms with Crippen molar-refractivity contribution in [1.29, 1.82) is 0 Å². The van der Waals surface area contributed by atoms with E-state index in [-0.39, 0.29) is 16.9 Å². The predicted molar refractivity (Wildman–Crippen MR) is 83.4 cm³/mol. The molecule has 0 spiro atoms. The Bertz CT molecular complexity index is 451. The maximum Gasteiger partial charge on any atom is 0.240 e. The minimum atomic E-state index is -1.68. The Hall–Kier alpha value is -1.28. The fourth-order valence-corrected chi connectivity index (χ4v) is 2.34. The smallest absolute Gasteiger partial charge is 0.240 e. The molecule has 0 aromatic rings. The lowest BCUT2D eigenvalue weighted by atomic mass is 10.2. The van der Waals surface area contributed by atoms with E-state index in [4.69, 9.17) is 5.73 Å². The summed E-state index contributed by atoms with van der Waals surface area (Å²) in [6.45, 7) is 11.0. The first kappa shape index (κ1) is 16.8. The number of carbonyl (C=O) groups excluding carboxylic acids is 2. The first-order chi connectivity index (χ1) is 9.04. The summed E-state index contributed by atoms with van der Waals surface area (Å²) < 4.78 is 0. The fraction of sp³-hybridized carbons (Fsp3) is 0.733. The first-order valence-corrected chi connectivity index (χ1v) is 10.1. The molecule has 1 aliphatic carbocycles. The summed E-state index contributed by atoms with van der Waals surface area (Å²) in [6.07, 6.45) is 2.13. The Kier molecular flexibility index (Phi) is 5.03. The summed E-state index contributed by atoms with van der Waals surface area (Å²) in [5, 5.41) is 2.88. The van der Waals surface area contributed by atoms with E-state index in [0.717, 1.165) is 12.8 Å². The molecule has 0 aliphatic heterocycles. The van der Waals surface area contributed by atoms with E-state index < -0.39 is 20.0 Å². The van der Waals surface area contributed by atoms with Gasteiger partial charge in [0.2, 0.25) is 11.8 Å². The molecule has 5 heteroatoms. The van der Waals surface area contributed by atoms with Gasteiger partial charge in [-0.3, -0.25) is 9.59 Å². The van der Waals surface area contributed by atoms with E-state index in [1.165, 1.54) is 0 Å². The Morgan fingerprint density at radius 3 is 2.30 bits per heavy atom. The summed E-state index contributed by atoms with van der Waals surface area (Å²) in [7, 11) is -1.68. The molecule has 1 fully saturated rings. The van der Waals surface area contributed by atoms with Crippen molar-refractivity contribution in [2.24, 2.45) is 11.7 Å². The summed E-state index contributed by atoms with van der Waals surface area (Å²) in [6, 6.07) is -0.666. The first-order valence-electron chi connectivity index (χ1n) is 7.14. The molecule has 20 heavy (non-hydrogen) atoms. The van der Waals surface area contributed by atoms with E-state index in [2.05, 4.69) is 50.6 Å². The van der Waals surface area contributed by atoms with Gasteiger partial charge in [-0.1, -0.05) is 33.9 Å². The number of amides is 2. The van der Waals surface area contributed by atoms with Crippen LogP contribution in [-0.2, 0) is 9.59 Å². The molecule has 0 aromatic carbocycles. The molecule has 1 aliphatic rings. The van der Waals surface area contributed by atoms with Crippen LogP contribution in [0.5, 0.6) is 0 Å². The number of nitrogens with one attached hydrogen (secondary N) is 1. The van der Waals surface area contributed by atoms with E-state index in [1.807, 2.05) is 0 Å². The van der Waals surface area contributed by atoms with Crippen LogP contribution in [0.3, 0.4) is 0 Å². The van der Waals surface area contributed by atoms with E-state index in [9.17, 15) is 9.59 Å². The second-order valence-electron chi connectivity index (χ2n) is 7.12. The van der Waals surface area contributed by atoms with E-state index in [1.54, 1.807) is 0 Å². The van der Waals surface area contributed by atoms with Crippen LogP contribution in [0.4, 0.5) is 0 Å². The summed E-state index contributed by atoms with van der Waals surface area (Å²) in [4.78, 5) is 23.1. The van der Waals surface area contributed by atoms with Crippen LogP contribution in [0, 0.1) is 17.4 Å². The quantitative estimate of drug-likeness (QED) is 0.613. The van der Waals surface area contributed by atoms with Gasteiger partial charge in [0.15, 0.2) is 0 Å². The molecule has 2 amide bonds. The highest BCUT2D eigenvalue weighted by Gasteiger charge is 2.34. The average molecular weight is 294 g/mol. The van der Waals surface area contributed by atoms with Crippen LogP contribution in [0.2, 0.25) is 18.1 Å². The van der Waals surface area contributed by atoms with Crippen LogP contribution in [0.1, 0.15) is 40.0 Å². The molecule has 0 bridgehead atoms. The maximum atomic E-state index is 11.7. The van der Waals surface area contributed by atoms with Gasteiger partial charge in [0, 0.05) is 12.3 Å². The second kappa shape index (κ2) is 6.00. The molecule has 3 N–H and O–H groups in total. The van der Waals surface area contributed by atoms with Crippen molar-refractivity contribution in [2.75, 3.05) is 0 Å². The van der Waals surface area contributed by atoms with Crippen LogP contribution in [0.15, 0.2) is 0 Å². The maximum absolute atomic E-state index is 11.7. The summed E-state index contributed by atoms with van der Waals surface area (Å²) in [5.41, 5.74) is 8.66. The van der Waals surface area contributed by atoms with Crippen molar-refractivity contribution < 1.29 is 9.59 Å². The monoisotopic (exact) mass is 294 g/mol. The minimum absolute atomic E-state index is 0.0667. The second-order valence-corrected chi connectivity index (χ2v) is 12.1. The van der Waals surface area contributed by atoms with Gasteiger partial charge < -0.3 is 11.1 Å². The zero-order valence-electron chi connectivity index (χ0n) is 13.2. The zero-order valence-corrected chi connectivity index (χ0v) is 14.2. The van der Waals surface area contributed by atoms with Crippen molar-refractivity contribution in [3.8, 4) is 11.5 Å². The number of nitrogens with two attached hydrogens (primary N) is 1. The van der Waals surface area contributed by atoms with Gasteiger partial charge in [0.25, 0.3) is 0 Å².